The summed E-state index contributed by atoms with van der Waals surface area (Å²) >= 11 is 0. The summed E-state index contributed by atoms with van der Waals surface area (Å²) in [4.78, 5) is 11.7. The quantitative estimate of drug-likeness (QED) is 0.768. The van der Waals surface area contributed by atoms with Crippen LogP contribution in [0.1, 0.15) is 19.3 Å². The fraction of sp³-hybridized carbons (Fsp3) is 0.462. The maximum atomic E-state index is 13.3. The van der Waals surface area contributed by atoms with Crippen LogP contribution < -0.4 is 10.6 Å². The Balaban J connectivity index is 1.92. The number of carbonyl (C=O) groups is 1. The molecular formula is C13H16F2N2O2. The summed E-state index contributed by atoms with van der Waals surface area (Å²) in [6, 6.07) is 2.30. The number of anilines is 1. The number of amides is 2. The molecule has 1 aromatic carbocycles. The number of hydrogen-bond acceptors (Lipinski definition) is 2. The van der Waals surface area contributed by atoms with Gasteiger partial charge in [-0.1, -0.05) is 0 Å². The third-order valence-electron chi connectivity index (χ3n) is 3.13. The predicted molar refractivity (Wildman–Crippen MR) is 66.7 cm³/mol. The Labute approximate surface area is 109 Å². The van der Waals surface area contributed by atoms with E-state index < -0.39 is 17.7 Å². The van der Waals surface area contributed by atoms with Crippen molar-refractivity contribution < 1.29 is 18.7 Å². The van der Waals surface area contributed by atoms with Gasteiger partial charge < -0.3 is 15.7 Å². The van der Waals surface area contributed by atoms with E-state index in [9.17, 15) is 13.6 Å². The van der Waals surface area contributed by atoms with Crippen LogP contribution in [0.25, 0.3) is 0 Å². The smallest absolute Gasteiger partial charge is 0.319 e. The Hall–Kier alpha value is -1.69. The molecule has 0 spiro atoms. The van der Waals surface area contributed by atoms with E-state index in [2.05, 4.69) is 10.6 Å². The largest absolute Gasteiger partial charge is 0.396 e. The number of nitrogens with one attached hydrogen (secondary N) is 2. The Morgan fingerprint density at radius 1 is 1.42 bits per heavy atom. The number of carbonyl (C=O) groups excluding carboxylic acids is 1. The van der Waals surface area contributed by atoms with Crippen LogP contribution in [-0.4, -0.2) is 23.8 Å². The molecule has 1 aliphatic carbocycles. The molecule has 1 aromatic rings. The standard InChI is InChI=1S/C13H16F2N2O2/c14-9-3-4-12(10(15)7-9)17-13(19)16-11(5-6-18)8-1-2-8/h3-4,7-8,11,18H,1-2,5-6H2,(H2,16,17,19). The van der Waals surface area contributed by atoms with E-state index in [0.717, 1.165) is 18.9 Å². The Morgan fingerprint density at radius 3 is 2.74 bits per heavy atom. The third-order valence-corrected chi connectivity index (χ3v) is 3.13. The fourth-order valence-electron chi connectivity index (χ4n) is 1.98. The van der Waals surface area contributed by atoms with Crippen molar-refractivity contribution >= 4 is 11.7 Å². The van der Waals surface area contributed by atoms with E-state index in [4.69, 9.17) is 5.11 Å². The van der Waals surface area contributed by atoms with Crippen LogP contribution in [-0.2, 0) is 0 Å². The van der Waals surface area contributed by atoms with Crippen LogP contribution in [0.3, 0.4) is 0 Å². The lowest BCUT2D eigenvalue weighted by molar-refractivity contribution is 0.234. The van der Waals surface area contributed by atoms with Crippen LogP contribution >= 0.6 is 0 Å². The van der Waals surface area contributed by atoms with Gasteiger partial charge in [-0.15, -0.1) is 0 Å². The SMILES string of the molecule is O=C(Nc1ccc(F)cc1F)NC(CCO)C1CC1. The first-order valence-electron chi connectivity index (χ1n) is 6.23. The first kappa shape index (κ1) is 13.7. The van der Waals surface area contributed by atoms with Crippen molar-refractivity contribution in [3.05, 3.63) is 29.8 Å². The molecule has 104 valence electrons. The van der Waals surface area contributed by atoms with Crippen molar-refractivity contribution in [3.63, 3.8) is 0 Å². The van der Waals surface area contributed by atoms with Crippen LogP contribution in [0.5, 0.6) is 0 Å². The minimum atomic E-state index is -0.819. The first-order valence-corrected chi connectivity index (χ1v) is 6.23. The summed E-state index contributed by atoms with van der Waals surface area (Å²) in [5, 5.41) is 14.0. The van der Waals surface area contributed by atoms with Gasteiger partial charge in [-0.3, -0.25) is 0 Å². The van der Waals surface area contributed by atoms with Gasteiger partial charge in [0.2, 0.25) is 0 Å². The van der Waals surface area contributed by atoms with Crippen molar-refractivity contribution in [1.82, 2.24) is 5.32 Å². The molecule has 4 nitrogen and oxygen atoms in total. The molecule has 2 amide bonds. The van der Waals surface area contributed by atoms with Crippen LogP contribution in [0.4, 0.5) is 19.3 Å². The van der Waals surface area contributed by atoms with Gasteiger partial charge in [-0.05, 0) is 37.3 Å². The second-order valence-corrected chi connectivity index (χ2v) is 4.68. The molecule has 0 bridgehead atoms. The van der Waals surface area contributed by atoms with Gasteiger partial charge in [-0.25, -0.2) is 13.6 Å². The average Bonchev–Trinajstić information content (AvgIpc) is 3.16. The maximum absolute atomic E-state index is 13.3. The Bertz CT molecular complexity index is 464. The molecule has 19 heavy (non-hydrogen) atoms. The highest BCUT2D eigenvalue weighted by Gasteiger charge is 2.31. The summed E-state index contributed by atoms with van der Waals surface area (Å²) in [5.41, 5.74) is -0.0718. The molecule has 1 atom stereocenters. The fourth-order valence-corrected chi connectivity index (χ4v) is 1.98. The van der Waals surface area contributed by atoms with Crippen molar-refractivity contribution in [2.24, 2.45) is 5.92 Å². The van der Waals surface area contributed by atoms with E-state index in [-0.39, 0.29) is 18.3 Å². The molecule has 0 radical (unpaired) electrons. The van der Waals surface area contributed by atoms with Crippen molar-refractivity contribution in [1.29, 1.82) is 0 Å². The third kappa shape index (κ3) is 3.89. The van der Waals surface area contributed by atoms with Gasteiger partial charge in [0.25, 0.3) is 0 Å². The van der Waals surface area contributed by atoms with E-state index in [1.54, 1.807) is 0 Å². The molecule has 1 saturated carbocycles. The number of aliphatic hydroxyl groups is 1. The monoisotopic (exact) mass is 270 g/mol. The van der Waals surface area contributed by atoms with Gasteiger partial charge in [-0.2, -0.15) is 0 Å². The molecule has 1 fully saturated rings. The number of halogens is 2. The second-order valence-electron chi connectivity index (χ2n) is 4.68. The number of aliphatic hydroxyl groups excluding tert-OH is 1. The molecule has 0 aliphatic heterocycles. The second kappa shape index (κ2) is 5.97. The molecule has 3 N–H and O–H groups in total. The zero-order chi connectivity index (χ0) is 13.8. The van der Waals surface area contributed by atoms with E-state index >= 15 is 0 Å². The van der Waals surface area contributed by atoms with Crippen molar-refractivity contribution in [3.8, 4) is 0 Å². The number of benzene rings is 1. The highest BCUT2D eigenvalue weighted by atomic mass is 19.1. The molecule has 2 rings (SSSR count). The van der Waals surface area contributed by atoms with Crippen LogP contribution in [0.15, 0.2) is 18.2 Å². The minimum Gasteiger partial charge on any atom is -0.396 e. The predicted octanol–water partition coefficient (Wildman–Crippen LogP) is 2.25. The lowest BCUT2D eigenvalue weighted by atomic mass is 10.1. The van der Waals surface area contributed by atoms with Crippen molar-refractivity contribution in [2.75, 3.05) is 11.9 Å². The molecule has 1 unspecified atom stereocenters. The molecule has 0 saturated heterocycles. The maximum Gasteiger partial charge on any atom is 0.319 e. The average molecular weight is 270 g/mol. The van der Waals surface area contributed by atoms with Gasteiger partial charge >= 0.3 is 6.03 Å². The highest BCUT2D eigenvalue weighted by Crippen LogP contribution is 2.33. The normalized spacial score (nSPS) is 15.9. The summed E-state index contributed by atoms with van der Waals surface area (Å²) in [7, 11) is 0. The van der Waals surface area contributed by atoms with Gasteiger partial charge in [0.1, 0.15) is 11.6 Å². The first-order chi connectivity index (χ1) is 9.10. The summed E-state index contributed by atoms with van der Waals surface area (Å²) < 4.78 is 26.1. The van der Waals surface area contributed by atoms with Crippen LogP contribution in [0, 0.1) is 17.6 Å². The topological polar surface area (TPSA) is 61.4 Å². The summed E-state index contributed by atoms with van der Waals surface area (Å²) in [6.45, 7) is -0.00758. The molecular weight excluding hydrogens is 254 g/mol. The lowest BCUT2D eigenvalue weighted by Gasteiger charge is -2.17. The number of urea groups is 1. The minimum absolute atomic E-state index is 0.00758. The lowest BCUT2D eigenvalue weighted by Crippen LogP contribution is -2.40. The Kier molecular flexibility index (Phi) is 4.31. The molecule has 0 heterocycles. The highest BCUT2D eigenvalue weighted by molar-refractivity contribution is 5.89. The number of hydrogen-bond donors (Lipinski definition) is 3. The molecule has 1 aliphatic rings. The zero-order valence-corrected chi connectivity index (χ0v) is 10.3. The summed E-state index contributed by atoms with van der Waals surface area (Å²) in [5.74, 6) is -1.13. The number of rotatable bonds is 5. The van der Waals surface area contributed by atoms with Gasteiger partial charge in [0.05, 0.1) is 5.69 Å². The molecule has 0 aromatic heterocycles. The zero-order valence-electron chi connectivity index (χ0n) is 10.3. The summed E-state index contributed by atoms with van der Waals surface area (Å²) in [6.07, 6.45) is 2.52. The molecule has 6 heteroatoms. The van der Waals surface area contributed by atoms with E-state index in [1.807, 2.05) is 0 Å². The van der Waals surface area contributed by atoms with Crippen molar-refractivity contribution in [2.45, 2.75) is 25.3 Å². The van der Waals surface area contributed by atoms with E-state index in [0.29, 0.717) is 18.4 Å². The Morgan fingerprint density at radius 2 is 2.16 bits per heavy atom. The van der Waals surface area contributed by atoms with Crippen LogP contribution in [0.2, 0.25) is 0 Å². The van der Waals surface area contributed by atoms with Gasteiger partial charge in [0, 0.05) is 18.7 Å². The van der Waals surface area contributed by atoms with Gasteiger partial charge in [0.15, 0.2) is 0 Å². The van der Waals surface area contributed by atoms with E-state index in [1.165, 1.54) is 6.07 Å².